The lowest BCUT2D eigenvalue weighted by atomic mass is 9.86. The molecule has 1 aliphatic rings. The van der Waals surface area contributed by atoms with E-state index in [9.17, 15) is 5.11 Å². The summed E-state index contributed by atoms with van der Waals surface area (Å²) in [5, 5.41) is 11.3. The van der Waals surface area contributed by atoms with E-state index in [0.717, 1.165) is 19.5 Å². The summed E-state index contributed by atoms with van der Waals surface area (Å²) in [6.07, 6.45) is 7.62. The summed E-state index contributed by atoms with van der Waals surface area (Å²) in [7, 11) is 2.06. The number of nitrogens with zero attached hydrogens (tertiary/aromatic N) is 2. The highest BCUT2D eigenvalue weighted by Crippen LogP contribution is 2.28. The second-order valence-electron chi connectivity index (χ2n) is 4.76. The molecular formula is C14H23ClN2O. The molecule has 1 fully saturated rings. The molecule has 1 rings (SSSR count). The molecule has 0 spiro atoms. The molecule has 0 aromatic carbocycles. The molecule has 1 heterocycles. The van der Waals surface area contributed by atoms with Crippen LogP contribution in [0.25, 0.3) is 0 Å². The van der Waals surface area contributed by atoms with Gasteiger partial charge >= 0.3 is 0 Å². The van der Waals surface area contributed by atoms with Crippen molar-refractivity contribution in [1.29, 1.82) is 0 Å². The van der Waals surface area contributed by atoms with Crippen LogP contribution in [0.4, 0.5) is 0 Å². The fraction of sp³-hybridized carbons (Fsp3) is 0.643. The first-order valence-electron chi connectivity index (χ1n) is 6.50. The van der Waals surface area contributed by atoms with E-state index in [1.54, 1.807) is 6.20 Å². The minimum absolute atomic E-state index is 0.572. The standard InChI is InChI=1S/C14H23ClN2O/c1-4-6-12(15)13(16-9-5-2)14(18)7-10-17(3)11-8-14/h5-6,9,18H,4,7-8,10-11H2,1-3H3/b9-5-,12-6-,16-13+. The molecule has 4 heteroatoms. The average molecular weight is 271 g/mol. The van der Waals surface area contributed by atoms with Gasteiger partial charge in [-0.05, 0) is 33.2 Å². The molecule has 102 valence electrons. The van der Waals surface area contributed by atoms with Crippen LogP contribution in [0.3, 0.4) is 0 Å². The van der Waals surface area contributed by atoms with Gasteiger partial charge in [-0.1, -0.05) is 30.7 Å². The third-order valence-corrected chi connectivity index (χ3v) is 3.55. The minimum atomic E-state index is -0.894. The van der Waals surface area contributed by atoms with Crippen molar-refractivity contribution in [3.63, 3.8) is 0 Å². The Hall–Kier alpha value is -0.640. The molecule has 0 radical (unpaired) electrons. The number of hydrogen-bond donors (Lipinski definition) is 1. The Balaban J connectivity index is 2.99. The van der Waals surface area contributed by atoms with E-state index in [2.05, 4.69) is 16.9 Å². The molecule has 18 heavy (non-hydrogen) atoms. The van der Waals surface area contributed by atoms with Crippen molar-refractivity contribution in [2.24, 2.45) is 4.99 Å². The van der Waals surface area contributed by atoms with Crippen molar-refractivity contribution in [3.8, 4) is 0 Å². The Kier molecular flexibility index (Phi) is 6.06. The van der Waals surface area contributed by atoms with Gasteiger partial charge in [0.15, 0.2) is 0 Å². The lowest BCUT2D eigenvalue weighted by Gasteiger charge is -2.37. The van der Waals surface area contributed by atoms with Crippen LogP contribution in [0, 0.1) is 0 Å². The molecular weight excluding hydrogens is 248 g/mol. The quantitative estimate of drug-likeness (QED) is 0.798. The number of aliphatic hydroxyl groups is 1. The Morgan fingerprint density at radius 2 is 2.06 bits per heavy atom. The van der Waals surface area contributed by atoms with E-state index in [-0.39, 0.29) is 0 Å². The van der Waals surface area contributed by atoms with Gasteiger partial charge < -0.3 is 10.0 Å². The molecule has 0 aromatic rings. The van der Waals surface area contributed by atoms with Crippen LogP contribution in [0.2, 0.25) is 0 Å². The highest BCUT2D eigenvalue weighted by molar-refractivity contribution is 6.44. The summed E-state index contributed by atoms with van der Waals surface area (Å²) in [5.41, 5.74) is -0.286. The topological polar surface area (TPSA) is 35.8 Å². The fourth-order valence-electron chi connectivity index (χ4n) is 2.05. The smallest absolute Gasteiger partial charge is 0.110 e. The second-order valence-corrected chi connectivity index (χ2v) is 5.16. The van der Waals surface area contributed by atoms with E-state index in [1.807, 2.05) is 26.0 Å². The van der Waals surface area contributed by atoms with Gasteiger partial charge in [-0.3, -0.25) is 4.99 Å². The third-order valence-electron chi connectivity index (χ3n) is 3.22. The number of rotatable bonds is 4. The molecule has 0 aliphatic carbocycles. The second kappa shape index (κ2) is 7.07. The van der Waals surface area contributed by atoms with Crippen molar-refractivity contribution in [2.45, 2.75) is 38.7 Å². The van der Waals surface area contributed by atoms with Crippen LogP contribution >= 0.6 is 11.6 Å². The summed E-state index contributed by atoms with van der Waals surface area (Å²) in [6.45, 7) is 5.65. The van der Waals surface area contributed by atoms with Crippen LogP contribution < -0.4 is 0 Å². The maximum absolute atomic E-state index is 10.8. The SMILES string of the molecule is C\C=C/N=C(\C(Cl)=C\CC)C1(O)CCN(C)CC1. The molecule has 0 aromatic heterocycles. The van der Waals surface area contributed by atoms with E-state index >= 15 is 0 Å². The van der Waals surface area contributed by atoms with Crippen molar-refractivity contribution in [1.82, 2.24) is 4.90 Å². The first-order chi connectivity index (χ1) is 8.53. The van der Waals surface area contributed by atoms with Crippen molar-refractivity contribution < 1.29 is 5.11 Å². The normalized spacial score (nSPS) is 22.7. The Bertz CT molecular complexity index is 353. The van der Waals surface area contributed by atoms with Crippen molar-refractivity contribution in [3.05, 3.63) is 23.4 Å². The van der Waals surface area contributed by atoms with Gasteiger partial charge in [-0.2, -0.15) is 0 Å². The van der Waals surface area contributed by atoms with E-state index in [0.29, 0.717) is 23.6 Å². The van der Waals surface area contributed by atoms with Gasteiger partial charge in [0.2, 0.25) is 0 Å². The lowest BCUT2D eigenvalue weighted by molar-refractivity contribution is 0.0443. The van der Waals surface area contributed by atoms with Crippen LogP contribution in [0.5, 0.6) is 0 Å². The highest BCUT2D eigenvalue weighted by atomic mass is 35.5. The third kappa shape index (κ3) is 3.94. The number of halogens is 1. The van der Waals surface area contributed by atoms with Gasteiger partial charge in [0.1, 0.15) is 5.60 Å². The first kappa shape index (κ1) is 15.4. The Morgan fingerprint density at radius 3 is 2.56 bits per heavy atom. The Morgan fingerprint density at radius 1 is 1.44 bits per heavy atom. The predicted molar refractivity (Wildman–Crippen MR) is 78.2 cm³/mol. The molecule has 0 atom stereocenters. The van der Waals surface area contributed by atoms with E-state index < -0.39 is 5.60 Å². The monoisotopic (exact) mass is 270 g/mol. The molecule has 0 saturated carbocycles. The molecule has 0 amide bonds. The van der Waals surface area contributed by atoms with Crippen LogP contribution in [0.1, 0.15) is 33.1 Å². The average Bonchev–Trinajstić information content (AvgIpc) is 2.34. The van der Waals surface area contributed by atoms with Crippen LogP contribution in [-0.2, 0) is 0 Å². The number of aliphatic imine (C=N–C) groups is 1. The van der Waals surface area contributed by atoms with Gasteiger partial charge in [-0.25, -0.2) is 0 Å². The summed E-state index contributed by atoms with van der Waals surface area (Å²) in [5.74, 6) is 0. The molecule has 1 N–H and O–H groups in total. The van der Waals surface area contributed by atoms with Gasteiger partial charge in [0.25, 0.3) is 0 Å². The van der Waals surface area contributed by atoms with Gasteiger partial charge in [0.05, 0.1) is 10.7 Å². The molecule has 0 bridgehead atoms. The lowest BCUT2D eigenvalue weighted by Crippen LogP contribution is -2.48. The summed E-state index contributed by atoms with van der Waals surface area (Å²) in [6, 6.07) is 0. The van der Waals surface area contributed by atoms with Crippen LogP contribution in [-0.4, -0.2) is 41.5 Å². The van der Waals surface area contributed by atoms with E-state index in [4.69, 9.17) is 11.6 Å². The number of piperidine rings is 1. The molecule has 0 unspecified atom stereocenters. The highest BCUT2D eigenvalue weighted by Gasteiger charge is 2.37. The zero-order valence-corrected chi connectivity index (χ0v) is 12.2. The van der Waals surface area contributed by atoms with Crippen molar-refractivity contribution in [2.75, 3.05) is 20.1 Å². The van der Waals surface area contributed by atoms with Crippen LogP contribution in [0.15, 0.2) is 28.4 Å². The maximum Gasteiger partial charge on any atom is 0.110 e. The van der Waals surface area contributed by atoms with Crippen molar-refractivity contribution >= 4 is 17.3 Å². The molecule has 3 nitrogen and oxygen atoms in total. The maximum atomic E-state index is 10.8. The molecule has 1 saturated heterocycles. The van der Waals surface area contributed by atoms with E-state index in [1.165, 1.54) is 0 Å². The summed E-state index contributed by atoms with van der Waals surface area (Å²) >= 11 is 6.26. The number of likely N-dealkylation sites (tertiary alicyclic amines) is 1. The summed E-state index contributed by atoms with van der Waals surface area (Å²) in [4.78, 5) is 6.56. The summed E-state index contributed by atoms with van der Waals surface area (Å²) < 4.78 is 0. The number of hydrogen-bond acceptors (Lipinski definition) is 3. The Labute approximate surface area is 115 Å². The predicted octanol–water partition coefficient (Wildman–Crippen LogP) is 2.95. The minimum Gasteiger partial charge on any atom is -0.383 e. The largest absolute Gasteiger partial charge is 0.383 e. The zero-order chi connectivity index (χ0) is 13.6. The van der Waals surface area contributed by atoms with Gasteiger partial charge in [-0.15, -0.1) is 0 Å². The fourth-order valence-corrected chi connectivity index (χ4v) is 2.43. The first-order valence-corrected chi connectivity index (χ1v) is 6.87. The number of allylic oxidation sites excluding steroid dienone is 2. The zero-order valence-electron chi connectivity index (χ0n) is 11.5. The van der Waals surface area contributed by atoms with Gasteiger partial charge in [0, 0.05) is 19.3 Å². The molecule has 1 aliphatic heterocycles.